The number of fused-ring (bicyclic) bond motifs is 1. The highest BCUT2D eigenvalue weighted by Crippen LogP contribution is 2.45. The molecule has 0 saturated carbocycles. The standard InChI is InChI=1S/C24H22BrFN2O4S/c1-4-31-23(29)20-14(2)27-24-28(9-10-33-24)21(20)16-11-17(25)22(19(12-16)30-3)32-13-15-7-5-6-8-18(15)26/h5-12,21H,4,13H2,1-3H3/t21-/m0/s1. The predicted octanol–water partition coefficient (Wildman–Crippen LogP) is 5.94. The Balaban J connectivity index is 1.72. The first-order valence-electron chi connectivity index (χ1n) is 10.3. The summed E-state index contributed by atoms with van der Waals surface area (Å²) in [5.41, 5.74) is 2.29. The lowest BCUT2D eigenvalue weighted by Crippen LogP contribution is -2.34. The average molecular weight is 533 g/mol. The molecule has 33 heavy (non-hydrogen) atoms. The molecule has 0 saturated heterocycles. The van der Waals surface area contributed by atoms with Crippen LogP contribution in [0.4, 0.5) is 4.39 Å². The zero-order valence-electron chi connectivity index (χ0n) is 18.3. The molecule has 0 aromatic heterocycles. The Morgan fingerprint density at radius 1 is 1.30 bits per heavy atom. The Morgan fingerprint density at radius 2 is 2.09 bits per heavy atom. The topological polar surface area (TPSA) is 60.4 Å². The Labute approximate surface area is 204 Å². The van der Waals surface area contributed by atoms with Crippen molar-refractivity contribution >= 4 is 38.8 Å². The lowest BCUT2D eigenvalue weighted by molar-refractivity contribution is -0.139. The van der Waals surface area contributed by atoms with Crippen LogP contribution < -0.4 is 9.47 Å². The van der Waals surface area contributed by atoms with Crippen LogP contribution in [0.15, 0.2) is 68.7 Å². The number of thioether (sulfide) groups is 1. The Kier molecular flexibility index (Phi) is 7.09. The Bertz CT molecular complexity index is 1180. The summed E-state index contributed by atoms with van der Waals surface area (Å²) in [5.74, 6) is 0.148. The zero-order valence-corrected chi connectivity index (χ0v) is 20.7. The molecule has 0 amide bonds. The van der Waals surface area contributed by atoms with Crippen LogP contribution in [0.3, 0.4) is 0 Å². The van der Waals surface area contributed by atoms with E-state index in [-0.39, 0.29) is 19.0 Å². The summed E-state index contributed by atoms with van der Waals surface area (Å²) in [6.45, 7) is 3.88. The van der Waals surface area contributed by atoms with E-state index in [1.54, 1.807) is 32.0 Å². The van der Waals surface area contributed by atoms with E-state index in [2.05, 4.69) is 20.9 Å². The van der Waals surface area contributed by atoms with E-state index >= 15 is 0 Å². The third-order valence-corrected chi connectivity index (χ3v) is 6.57. The summed E-state index contributed by atoms with van der Waals surface area (Å²) in [4.78, 5) is 19.4. The molecule has 2 aromatic rings. The van der Waals surface area contributed by atoms with Crippen LogP contribution in [0.2, 0.25) is 0 Å². The van der Waals surface area contributed by atoms with E-state index in [0.29, 0.717) is 32.8 Å². The van der Waals surface area contributed by atoms with Gasteiger partial charge in [0.25, 0.3) is 0 Å². The van der Waals surface area contributed by atoms with Crippen LogP contribution >= 0.6 is 27.7 Å². The van der Waals surface area contributed by atoms with Crippen LogP contribution in [0, 0.1) is 5.82 Å². The van der Waals surface area contributed by atoms with E-state index in [1.807, 2.05) is 28.6 Å². The zero-order chi connectivity index (χ0) is 23.5. The van der Waals surface area contributed by atoms with Crippen molar-refractivity contribution in [2.24, 2.45) is 4.99 Å². The van der Waals surface area contributed by atoms with E-state index < -0.39 is 12.0 Å². The molecule has 0 spiro atoms. The minimum Gasteiger partial charge on any atom is -0.493 e. The summed E-state index contributed by atoms with van der Waals surface area (Å²) < 4.78 is 31.5. The Hall–Kier alpha value is -2.78. The number of amidine groups is 1. The summed E-state index contributed by atoms with van der Waals surface area (Å²) in [6.07, 6.45) is 1.89. The summed E-state index contributed by atoms with van der Waals surface area (Å²) >= 11 is 5.06. The van der Waals surface area contributed by atoms with Gasteiger partial charge >= 0.3 is 5.97 Å². The van der Waals surface area contributed by atoms with Gasteiger partial charge in [0, 0.05) is 11.8 Å². The third kappa shape index (κ3) is 4.65. The second-order valence-electron chi connectivity index (χ2n) is 7.24. The largest absolute Gasteiger partial charge is 0.493 e. The predicted molar refractivity (Wildman–Crippen MR) is 130 cm³/mol. The van der Waals surface area contributed by atoms with Gasteiger partial charge in [0.15, 0.2) is 16.7 Å². The summed E-state index contributed by atoms with van der Waals surface area (Å²) in [5, 5.41) is 2.70. The molecule has 1 atom stereocenters. The number of nitrogens with zero attached hydrogens (tertiary/aromatic N) is 2. The minimum atomic E-state index is -0.450. The molecule has 2 aliphatic heterocycles. The van der Waals surface area contributed by atoms with Gasteiger partial charge in [-0.05, 0) is 58.9 Å². The molecule has 2 aliphatic rings. The van der Waals surface area contributed by atoms with Gasteiger partial charge in [-0.25, -0.2) is 14.2 Å². The number of benzene rings is 2. The first kappa shape index (κ1) is 23.4. The monoisotopic (exact) mass is 532 g/mol. The normalized spacial score (nSPS) is 17.1. The number of aliphatic imine (C=N–C) groups is 1. The minimum absolute atomic E-state index is 0.0415. The van der Waals surface area contributed by atoms with Crippen molar-refractivity contribution in [3.05, 3.63) is 80.7 Å². The molecule has 6 nitrogen and oxygen atoms in total. The number of carbonyl (C=O) groups excluding carboxylic acids is 1. The van der Waals surface area contributed by atoms with Crippen LogP contribution in [0.5, 0.6) is 11.5 Å². The molecule has 0 N–H and O–H groups in total. The highest BCUT2D eigenvalue weighted by molar-refractivity contribution is 9.10. The van der Waals surface area contributed by atoms with E-state index in [0.717, 1.165) is 10.7 Å². The summed E-state index contributed by atoms with van der Waals surface area (Å²) in [6, 6.07) is 9.69. The number of carbonyl (C=O) groups is 1. The number of allylic oxidation sites excluding steroid dienone is 1. The fourth-order valence-corrected chi connectivity index (χ4v) is 5.07. The van der Waals surface area contributed by atoms with Gasteiger partial charge in [-0.3, -0.25) is 0 Å². The fourth-order valence-electron chi connectivity index (χ4n) is 3.70. The van der Waals surface area contributed by atoms with Gasteiger partial charge in [-0.2, -0.15) is 0 Å². The first-order chi connectivity index (χ1) is 15.9. The van der Waals surface area contributed by atoms with Crippen molar-refractivity contribution in [1.82, 2.24) is 4.90 Å². The van der Waals surface area contributed by atoms with Crippen molar-refractivity contribution < 1.29 is 23.4 Å². The second-order valence-corrected chi connectivity index (χ2v) is 8.97. The fraction of sp³-hybridized carbons (Fsp3) is 0.250. The molecule has 2 aromatic carbocycles. The number of esters is 1. The number of hydrogen-bond acceptors (Lipinski definition) is 7. The van der Waals surface area contributed by atoms with Gasteiger partial charge in [-0.15, -0.1) is 0 Å². The van der Waals surface area contributed by atoms with E-state index in [4.69, 9.17) is 14.2 Å². The number of rotatable bonds is 7. The Morgan fingerprint density at radius 3 is 2.82 bits per heavy atom. The molecule has 0 unspecified atom stereocenters. The maximum absolute atomic E-state index is 14.0. The molecule has 172 valence electrons. The lowest BCUT2D eigenvalue weighted by Gasteiger charge is -2.33. The van der Waals surface area contributed by atoms with Gasteiger partial charge in [-0.1, -0.05) is 30.0 Å². The van der Waals surface area contributed by atoms with Crippen molar-refractivity contribution in [2.45, 2.75) is 26.5 Å². The van der Waals surface area contributed by atoms with Gasteiger partial charge < -0.3 is 19.1 Å². The van der Waals surface area contributed by atoms with Crippen molar-refractivity contribution in [2.75, 3.05) is 13.7 Å². The smallest absolute Gasteiger partial charge is 0.338 e. The molecule has 0 bridgehead atoms. The van der Waals surface area contributed by atoms with Crippen molar-refractivity contribution in [3.63, 3.8) is 0 Å². The number of methoxy groups -OCH3 is 1. The van der Waals surface area contributed by atoms with Crippen LogP contribution in [0.25, 0.3) is 0 Å². The maximum atomic E-state index is 14.0. The van der Waals surface area contributed by atoms with Crippen LogP contribution in [-0.2, 0) is 16.1 Å². The molecular weight excluding hydrogens is 511 g/mol. The van der Waals surface area contributed by atoms with Crippen LogP contribution in [0.1, 0.15) is 31.0 Å². The molecule has 0 radical (unpaired) electrons. The van der Waals surface area contributed by atoms with Crippen molar-refractivity contribution in [1.29, 1.82) is 0 Å². The van der Waals surface area contributed by atoms with Gasteiger partial charge in [0.1, 0.15) is 12.4 Å². The molecule has 4 rings (SSSR count). The highest BCUT2D eigenvalue weighted by atomic mass is 79.9. The maximum Gasteiger partial charge on any atom is 0.338 e. The molecule has 2 heterocycles. The molecule has 0 aliphatic carbocycles. The number of ether oxygens (including phenoxy) is 3. The lowest BCUT2D eigenvalue weighted by atomic mass is 9.94. The van der Waals surface area contributed by atoms with E-state index in [1.165, 1.54) is 24.9 Å². The highest BCUT2D eigenvalue weighted by Gasteiger charge is 2.38. The SMILES string of the molecule is CCOC(=O)C1=C(C)N=C2SC=CN2[C@H]1c1cc(Br)c(OCc2ccccc2F)c(OC)c1. The third-order valence-electron chi connectivity index (χ3n) is 5.21. The molecular formula is C24H22BrFN2O4S. The van der Waals surface area contributed by atoms with Gasteiger partial charge in [0.05, 0.1) is 35.5 Å². The first-order valence-corrected chi connectivity index (χ1v) is 11.9. The number of hydrogen-bond donors (Lipinski definition) is 0. The van der Waals surface area contributed by atoms with Gasteiger partial charge in [0.2, 0.25) is 0 Å². The van der Waals surface area contributed by atoms with Crippen molar-refractivity contribution in [3.8, 4) is 11.5 Å². The molecule has 9 heteroatoms. The van der Waals surface area contributed by atoms with Crippen LogP contribution in [-0.4, -0.2) is 29.8 Å². The summed E-state index contributed by atoms with van der Waals surface area (Å²) in [7, 11) is 1.54. The number of halogens is 2. The molecule has 0 fully saturated rings. The van der Waals surface area contributed by atoms with E-state index in [9.17, 15) is 9.18 Å². The average Bonchev–Trinajstić information content (AvgIpc) is 3.26. The quantitative estimate of drug-likeness (QED) is 0.411. The second kappa shape index (κ2) is 10.0.